The van der Waals surface area contributed by atoms with Gasteiger partial charge in [0.15, 0.2) is 0 Å². The van der Waals surface area contributed by atoms with Gasteiger partial charge < -0.3 is 33.3 Å². The van der Waals surface area contributed by atoms with E-state index in [2.05, 4.69) is 32.9 Å². The summed E-state index contributed by atoms with van der Waals surface area (Å²) in [6.07, 6.45) is 1.73. The van der Waals surface area contributed by atoms with E-state index in [4.69, 9.17) is 0 Å². The van der Waals surface area contributed by atoms with Crippen LogP contribution in [-0.4, -0.2) is 39.1 Å². The van der Waals surface area contributed by atoms with E-state index in [0.29, 0.717) is 12.2 Å². The fraction of sp³-hybridized carbons (Fsp3) is 0.286. The van der Waals surface area contributed by atoms with Gasteiger partial charge in [-0.15, -0.1) is 10.9 Å². The molecule has 0 aliphatic rings. The monoisotopic (exact) mass is 429 g/mol. The number of benzene rings is 1. The number of rotatable bonds is 7. The molecule has 24 heavy (non-hydrogen) atoms. The molecule has 0 radical (unpaired) electrons. The summed E-state index contributed by atoms with van der Waals surface area (Å²) in [4.78, 5) is 7.27. The zero-order chi connectivity index (χ0) is 15.8. The summed E-state index contributed by atoms with van der Waals surface area (Å²) < 4.78 is 1.68. The molecule has 0 fully saturated rings. The summed E-state index contributed by atoms with van der Waals surface area (Å²) in [6, 6.07) is 9.84. The zero-order valence-corrected chi connectivity index (χ0v) is 15.2. The van der Waals surface area contributed by atoms with Crippen molar-refractivity contribution in [2.75, 3.05) is 12.3 Å². The molecule has 0 amide bonds. The Kier molecular flexibility index (Phi) is 10.9. The molecular weight excluding hydrogens is 416 g/mol. The van der Waals surface area contributed by atoms with Gasteiger partial charge >= 0.3 is 20.1 Å². The largest absolute Gasteiger partial charge is 5.00 e. The number of hydrogen-bond acceptors (Lipinski definition) is 7. The number of hydrogen-bond donors (Lipinski definition) is 0. The zero-order valence-electron chi connectivity index (χ0n) is 12.5. The summed E-state index contributed by atoms with van der Waals surface area (Å²) in [5, 5.41) is 30.2. The molecule has 0 aliphatic carbocycles. The predicted octanol–water partition coefficient (Wildman–Crippen LogP) is -1.23. The summed E-state index contributed by atoms with van der Waals surface area (Å²) in [5.74, 6) is -1.08. The Morgan fingerprint density at radius 3 is 2.50 bits per heavy atom. The molecule has 0 saturated carbocycles. The van der Waals surface area contributed by atoms with E-state index >= 15 is 0 Å². The molecule has 1 aromatic carbocycles. The standard InChI is InChI=1S/C14H17N5O2S.O.Tc/c20-13(7-16-14(21)10-22)15-6-12-9-19(18-17-12)8-11-4-2-1-3-5-11;;/h1-5,9,22H,6-8,10H2,(H,15,20)(H,16,21);;/q;-2;+5/p-3. The molecule has 0 saturated heterocycles. The molecule has 0 bridgehead atoms. The van der Waals surface area contributed by atoms with Crippen molar-refractivity contribution >= 4 is 24.4 Å². The first-order chi connectivity index (χ1) is 10.7. The third-order valence-electron chi connectivity index (χ3n) is 2.71. The summed E-state index contributed by atoms with van der Waals surface area (Å²) in [5.41, 5.74) is 1.69. The maximum absolute atomic E-state index is 11.4. The van der Waals surface area contributed by atoms with Crippen molar-refractivity contribution in [3.63, 3.8) is 0 Å². The normalized spacial score (nSPS) is 11.5. The van der Waals surface area contributed by atoms with Gasteiger partial charge in [-0.3, -0.25) is 4.99 Å². The van der Waals surface area contributed by atoms with Crippen molar-refractivity contribution in [3.8, 4) is 0 Å². The van der Waals surface area contributed by atoms with Crippen LogP contribution in [0.1, 0.15) is 11.3 Å². The molecule has 1 heterocycles. The van der Waals surface area contributed by atoms with E-state index in [1.54, 1.807) is 10.9 Å². The van der Waals surface area contributed by atoms with Crippen molar-refractivity contribution in [2.45, 2.75) is 13.1 Å². The maximum Gasteiger partial charge on any atom is 5.00 e. The van der Waals surface area contributed by atoms with Gasteiger partial charge in [-0.05, 0) is 11.5 Å². The van der Waals surface area contributed by atoms with Crippen LogP contribution in [0.4, 0.5) is 0 Å². The minimum absolute atomic E-state index is 0. The molecule has 126 valence electrons. The molecular formula is C14H14N5O3STc. The fourth-order valence-corrected chi connectivity index (χ4v) is 1.77. The second-order valence-corrected chi connectivity index (χ2v) is 4.75. The first-order valence-corrected chi connectivity index (χ1v) is 7.17. The Bertz CT molecular complexity index is 663. The maximum atomic E-state index is 11.4. The summed E-state index contributed by atoms with van der Waals surface area (Å²) in [7, 11) is 0. The summed E-state index contributed by atoms with van der Waals surface area (Å²) in [6.45, 7) is 0.448. The summed E-state index contributed by atoms with van der Waals surface area (Å²) >= 11 is 4.52. The third kappa shape index (κ3) is 7.69. The smallest absolute Gasteiger partial charge is 2.00 e. The number of nitrogens with zero attached hydrogens (tertiary/aromatic N) is 5. The van der Waals surface area contributed by atoms with Crippen LogP contribution in [-0.2, 0) is 51.3 Å². The van der Waals surface area contributed by atoms with Gasteiger partial charge in [0, 0.05) is 0 Å². The Hall–Kier alpha value is -1.74. The van der Waals surface area contributed by atoms with Crippen molar-refractivity contribution in [2.24, 2.45) is 9.98 Å². The van der Waals surface area contributed by atoms with E-state index in [0.717, 1.165) is 5.56 Å². The Labute approximate surface area is 158 Å². The molecule has 2 aromatic rings. The van der Waals surface area contributed by atoms with E-state index in [1.807, 2.05) is 30.3 Å². The molecule has 8 nitrogen and oxygen atoms in total. The molecule has 0 aliphatic heterocycles. The second kappa shape index (κ2) is 11.7. The van der Waals surface area contributed by atoms with Crippen LogP contribution in [0, 0.1) is 0 Å². The van der Waals surface area contributed by atoms with Gasteiger partial charge in [-0.2, -0.15) is 0 Å². The Morgan fingerprint density at radius 1 is 1.12 bits per heavy atom. The molecule has 0 N–H and O–H groups in total. The Morgan fingerprint density at radius 2 is 1.83 bits per heavy atom. The number of aromatic nitrogens is 3. The Balaban J connectivity index is 0.00000264. The third-order valence-corrected chi connectivity index (χ3v) is 2.95. The van der Waals surface area contributed by atoms with Gasteiger partial charge in [0.1, 0.15) is 5.69 Å². The molecule has 2 rings (SSSR count). The van der Waals surface area contributed by atoms with Crippen LogP contribution in [0.3, 0.4) is 0 Å². The molecule has 0 unspecified atom stereocenters. The van der Waals surface area contributed by atoms with E-state index in [-0.39, 0.29) is 44.4 Å². The second-order valence-electron chi connectivity index (χ2n) is 4.46. The molecule has 0 atom stereocenters. The minimum Gasteiger partial charge on any atom is -2.00 e. The van der Waals surface area contributed by atoms with Crippen LogP contribution < -0.4 is 10.2 Å². The quantitative estimate of drug-likeness (QED) is 0.308. The molecule has 10 heteroatoms. The topological polar surface area (TPSA) is 130 Å². The van der Waals surface area contributed by atoms with Crippen LogP contribution in [0.25, 0.3) is 0 Å². The first-order valence-electron chi connectivity index (χ1n) is 6.59. The molecule has 1 aromatic heterocycles. The van der Waals surface area contributed by atoms with Crippen molar-refractivity contribution in [1.82, 2.24) is 15.0 Å². The van der Waals surface area contributed by atoms with Crippen LogP contribution in [0.15, 0.2) is 46.5 Å². The van der Waals surface area contributed by atoms with Crippen molar-refractivity contribution < 1.29 is 35.8 Å². The van der Waals surface area contributed by atoms with E-state index < -0.39 is 11.8 Å². The average molecular weight is 430 g/mol. The first kappa shape index (κ1) is 22.3. The number of aliphatic imine (C=N–C) groups is 2. The van der Waals surface area contributed by atoms with Crippen LogP contribution >= 0.6 is 0 Å². The predicted molar refractivity (Wildman–Crippen MR) is 81.9 cm³/mol. The van der Waals surface area contributed by atoms with Gasteiger partial charge in [0.2, 0.25) is 0 Å². The van der Waals surface area contributed by atoms with E-state index in [1.165, 1.54) is 0 Å². The van der Waals surface area contributed by atoms with Gasteiger partial charge in [-0.1, -0.05) is 41.4 Å². The van der Waals surface area contributed by atoms with Crippen molar-refractivity contribution in [3.05, 3.63) is 47.8 Å². The minimum atomic E-state index is -0.479. The SMILES string of the molecule is [O-2].[O-]C(C[S-])=NCC([O-])=NCc1cn(Cc2ccccc2)nn1.[Tc+5]. The van der Waals surface area contributed by atoms with E-state index in [9.17, 15) is 10.2 Å². The fourth-order valence-electron chi connectivity index (χ4n) is 1.68. The molecule has 0 spiro atoms. The van der Waals surface area contributed by atoms with Gasteiger partial charge in [0.25, 0.3) is 0 Å². The van der Waals surface area contributed by atoms with Crippen LogP contribution in [0.5, 0.6) is 0 Å². The van der Waals surface area contributed by atoms with Gasteiger partial charge in [0.05, 0.1) is 25.8 Å². The van der Waals surface area contributed by atoms with Gasteiger partial charge in [-0.25, -0.2) is 4.68 Å². The van der Waals surface area contributed by atoms with Crippen molar-refractivity contribution in [1.29, 1.82) is 0 Å². The van der Waals surface area contributed by atoms with Crippen LogP contribution in [0.2, 0.25) is 0 Å². The average Bonchev–Trinajstić information content (AvgIpc) is 2.99.